The van der Waals surface area contributed by atoms with Crippen LogP contribution in [0.1, 0.15) is 24.2 Å². The number of benzene rings is 2. The summed E-state index contributed by atoms with van der Waals surface area (Å²) in [5, 5.41) is 3.91. The number of nitrogens with one attached hydrogen (secondary N) is 1. The Morgan fingerprint density at radius 1 is 0.969 bits per heavy atom. The summed E-state index contributed by atoms with van der Waals surface area (Å²) in [4.78, 5) is 25.9. The number of piperazine rings is 1. The second-order valence-corrected chi connectivity index (χ2v) is 9.70. The average Bonchev–Trinajstić information content (AvgIpc) is 3.21. The molecule has 0 atom stereocenters. The number of anilines is 1. The van der Waals surface area contributed by atoms with Crippen molar-refractivity contribution in [3.63, 3.8) is 0 Å². The molecule has 9 heteroatoms. The van der Waals surface area contributed by atoms with Gasteiger partial charge in [0.25, 0.3) is 5.91 Å². The maximum absolute atomic E-state index is 12.9. The SMILES string of the molecule is CCn1ccc2cc(NC(=O)c3ccc(S(=O)(=O)N4CCN(C(C)=O)CC4)cc3)ccc21. The second-order valence-electron chi connectivity index (χ2n) is 7.76. The Bertz CT molecular complexity index is 1260. The maximum Gasteiger partial charge on any atom is 0.255 e. The fourth-order valence-corrected chi connectivity index (χ4v) is 5.35. The highest BCUT2D eigenvalue weighted by molar-refractivity contribution is 7.89. The number of hydrogen-bond acceptors (Lipinski definition) is 4. The monoisotopic (exact) mass is 454 g/mol. The van der Waals surface area contributed by atoms with Gasteiger partial charge >= 0.3 is 0 Å². The minimum atomic E-state index is -3.68. The molecular formula is C23H26N4O4S. The zero-order chi connectivity index (χ0) is 22.9. The van der Waals surface area contributed by atoms with Gasteiger partial charge in [-0.2, -0.15) is 4.31 Å². The van der Waals surface area contributed by atoms with E-state index in [0.29, 0.717) is 24.3 Å². The fraction of sp³-hybridized carbons (Fsp3) is 0.304. The van der Waals surface area contributed by atoms with E-state index >= 15 is 0 Å². The van der Waals surface area contributed by atoms with Crippen LogP contribution in [0.4, 0.5) is 5.69 Å². The van der Waals surface area contributed by atoms with Gasteiger partial charge < -0.3 is 14.8 Å². The third kappa shape index (κ3) is 4.26. The number of aromatic nitrogens is 1. The predicted octanol–water partition coefficient (Wildman–Crippen LogP) is 2.77. The van der Waals surface area contributed by atoms with Crippen LogP contribution in [0, 0.1) is 0 Å². The van der Waals surface area contributed by atoms with Crippen molar-refractivity contribution in [3.05, 3.63) is 60.3 Å². The molecule has 0 unspecified atom stereocenters. The molecule has 4 rings (SSSR count). The van der Waals surface area contributed by atoms with Crippen LogP contribution in [-0.4, -0.2) is 60.2 Å². The van der Waals surface area contributed by atoms with Crippen LogP contribution in [0.3, 0.4) is 0 Å². The molecule has 8 nitrogen and oxygen atoms in total. The summed E-state index contributed by atoms with van der Waals surface area (Å²) in [5.74, 6) is -0.363. The maximum atomic E-state index is 12.9. The quantitative estimate of drug-likeness (QED) is 0.642. The molecule has 168 valence electrons. The lowest BCUT2D eigenvalue weighted by atomic mass is 10.2. The molecule has 1 fully saturated rings. The van der Waals surface area contributed by atoms with E-state index in [1.165, 1.54) is 35.5 Å². The standard InChI is InChI=1S/C23H26N4O4S/c1-3-25-11-10-19-16-20(6-9-22(19)25)24-23(29)18-4-7-21(8-5-18)32(30,31)27-14-12-26(13-15-27)17(2)28/h4-11,16H,3,12-15H2,1-2H3,(H,24,29). The number of sulfonamides is 1. The van der Waals surface area contributed by atoms with Crippen molar-refractivity contribution in [3.8, 4) is 0 Å². The number of carbonyl (C=O) groups is 2. The third-order valence-electron chi connectivity index (χ3n) is 5.81. The smallest absolute Gasteiger partial charge is 0.255 e. The van der Waals surface area contributed by atoms with Crippen molar-refractivity contribution in [2.75, 3.05) is 31.5 Å². The van der Waals surface area contributed by atoms with Crippen LogP contribution in [0.5, 0.6) is 0 Å². The summed E-state index contributed by atoms with van der Waals surface area (Å²) in [6.45, 7) is 5.69. The van der Waals surface area contributed by atoms with Gasteiger partial charge in [-0.15, -0.1) is 0 Å². The van der Waals surface area contributed by atoms with Crippen LogP contribution >= 0.6 is 0 Å². The summed E-state index contributed by atoms with van der Waals surface area (Å²) in [6.07, 6.45) is 2.01. The number of hydrogen-bond donors (Lipinski definition) is 1. The molecule has 0 saturated carbocycles. The molecule has 0 aliphatic carbocycles. The number of fused-ring (bicyclic) bond motifs is 1. The summed E-state index contributed by atoms with van der Waals surface area (Å²) in [6, 6.07) is 13.7. The van der Waals surface area contributed by atoms with Gasteiger partial charge in [0, 0.05) is 68.0 Å². The first-order valence-corrected chi connectivity index (χ1v) is 12.0. The van der Waals surface area contributed by atoms with E-state index in [2.05, 4.69) is 16.8 Å². The number of nitrogens with zero attached hydrogens (tertiary/aromatic N) is 3. The van der Waals surface area contributed by atoms with Gasteiger partial charge in [-0.05, 0) is 55.5 Å². The lowest BCUT2D eigenvalue weighted by molar-refractivity contribution is -0.129. The van der Waals surface area contributed by atoms with Crippen LogP contribution in [-0.2, 0) is 21.4 Å². The van der Waals surface area contributed by atoms with Crippen molar-refractivity contribution >= 4 is 38.4 Å². The molecule has 1 N–H and O–H groups in total. The van der Waals surface area contributed by atoms with Gasteiger partial charge in [0.05, 0.1) is 4.90 Å². The van der Waals surface area contributed by atoms with Crippen molar-refractivity contribution in [1.82, 2.24) is 13.8 Å². The molecular weight excluding hydrogens is 428 g/mol. The second kappa shape index (κ2) is 8.76. The van der Waals surface area contributed by atoms with Gasteiger partial charge in [0.2, 0.25) is 15.9 Å². The zero-order valence-electron chi connectivity index (χ0n) is 18.1. The van der Waals surface area contributed by atoms with Crippen molar-refractivity contribution < 1.29 is 18.0 Å². The lowest BCUT2D eigenvalue weighted by Gasteiger charge is -2.33. The first-order chi connectivity index (χ1) is 15.3. The first kappa shape index (κ1) is 22.0. The number of aryl methyl sites for hydroxylation is 1. The Morgan fingerprint density at radius 2 is 1.66 bits per heavy atom. The van der Waals surface area contributed by atoms with Gasteiger partial charge in [0.15, 0.2) is 0 Å². The van der Waals surface area contributed by atoms with Gasteiger partial charge in [0.1, 0.15) is 0 Å². The van der Waals surface area contributed by atoms with Gasteiger partial charge in [-0.25, -0.2) is 8.42 Å². The Kier molecular flexibility index (Phi) is 6.03. The molecule has 0 radical (unpaired) electrons. The predicted molar refractivity (Wildman–Crippen MR) is 123 cm³/mol. The minimum Gasteiger partial charge on any atom is -0.348 e. The van der Waals surface area contributed by atoms with Crippen LogP contribution in [0.15, 0.2) is 59.6 Å². The van der Waals surface area contributed by atoms with Crippen molar-refractivity contribution in [1.29, 1.82) is 0 Å². The highest BCUT2D eigenvalue weighted by Crippen LogP contribution is 2.22. The Balaban J connectivity index is 1.45. The number of carbonyl (C=O) groups excluding carboxylic acids is 2. The van der Waals surface area contributed by atoms with E-state index in [-0.39, 0.29) is 29.8 Å². The lowest BCUT2D eigenvalue weighted by Crippen LogP contribution is -2.49. The zero-order valence-corrected chi connectivity index (χ0v) is 18.9. The van der Waals surface area contributed by atoms with E-state index < -0.39 is 10.0 Å². The van der Waals surface area contributed by atoms with Gasteiger partial charge in [-0.1, -0.05) is 0 Å². The molecule has 32 heavy (non-hydrogen) atoms. The number of rotatable bonds is 5. The summed E-state index contributed by atoms with van der Waals surface area (Å²) in [5.41, 5.74) is 2.15. The van der Waals surface area contributed by atoms with Crippen LogP contribution in [0.2, 0.25) is 0 Å². The van der Waals surface area contributed by atoms with Crippen molar-refractivity contribution in [2.24, 2.45) is 0 Å². The average molecular weight is 455 g/mol. The highest BCUT2D eigenvalue weighted by Gasteiger charge is 2.29. The molecule has 3 aromatic rings. The van der Waals surface area contributed by atoms with E-state index in [1.807, 2.05) is 30.5 Å². The molecule has 1 saturated heterocycles. The van der Waals surface area contributed by atoms with E-state index in [9.17, 15) is 18.0 Å². The summed E-state index contributed by atoms with van der Waals surface area (Å²) in [7, 11) is -3.68. The summed E-state index contributed by atoms with van der Waals surface area (Å²) < 4.78 is 29.3. The largest absolute Gasteiger partial charge is 0.348 e. The molecule has 2 amide bonds. The Labute approximate surface area is 187 Å². The van der Waals surface area contributed by atoms with Crippen LogP contribution < -0.4 is 5.32 Å². The fourth-order valence-electron chi connectivity index (χ4n) is 3.93. The minimum absolute atomic E-state index is 0.0560. The normalized spacial score (nSPS) is 15.1. The molecule has 0 bridgehead atoms. The molecule has 2 aromatic carbocycles. The molecule has 1 aliphatic rings. The Hall–Kier alpha value is -3.17. The molecule has 1 aromatic heterocycles. The molecule has 2 heterocycles. The highest BCUT2D eigenvalue weighted by atomic mass is 32.2. The van der Waals surface area contributed by atoms with E-state index in [0.717, 1.165) is 17.4 Å². The molecule has 1 aliphatic heterocycles. The number of amides is 2. The molecule has 0 spiro atoms. The summed E-state index contributed by atoms with van der Waals surface area (Å²) >= 11 is 0. The third-order valence-corrected chi connectivity index (χ3v) is 7.72. The van der Waals surface area contributed by atoms with Gasteiger partial charge in [-0.3, -0.25) is 9.59 Å². The topological polar surface area (TPSA) is 91.7 Å². The van der Waals surface area contributed by atoms with E-state index in [4.69, 9.17) is 0 Å². The van der Waals surface area contributed by atoms with Crippen molar-refractivity contribution in [2.45, 2.75) is 25.3 Å². The van der Waals surface area contributed by atoms with Crippen LogP contribution in [0.25, 0.3) is 10.9 Å². The first-order valence-electron chi connectivity index (χ1n) is 10.6. The Morgan fingerprint density at radius 3 is 2.28 bits per heavy atom. The van der Waals surface area contributed by atoms with E-state index in [1.54, 1.807) is 4.90 Å².